The molecule has 0 bridgehead atoms. The van der Waals surface area contributed by atoms with E-state index in [1.165, 1.54) is 11.8 Å². The molecule has 0 unspecified atom stereocenters. The standard InChI is InChI=1S/C27H25ClN4O2S2/c1-16-6-7-22-19(12-16)13-20(25(30-22)31-10-8-17(9-11-31)24(29)33)14-23-26(34)32(27(35)36-23)15-18-4-2-3-5-21(18)28/h2-7,12-14,17H,8-11,15H2,1H3,(H2,29,33)/b23-14-. The molecule has 36 heavy (non-hydrogen) atoms. The molecule has 2 fully saturated rings. The van der Waals surface area contributed by atoms with Crippen LogP contribution in [-0.4, -0.2) is 39.1 Å². The van der Waals surface area contributed by atoms with Crippen molar-refractivity contribution >= 4 is 74.5 Å². The zero-order valence-corrected chi connectivity index (χ0v) is 22.1. The molecule has 0 saturated carbocycles. The van der Waals surface area contributed by atoms with Crippen molar-refractivity contribution in [2.24, 2.45) is 11.7 Å². The van der Waals surface area contributed by atoms with Crippen LogP contribution in [0.1, 0.15) is 29.5 Å². The smallest absolute Gasteiger partial charge is 0.266 e. The molecule has 2 N–H and O–H groups in total. The van der Waals surface area contributed by atoms with E-state index in [9.17, 15) is 9.59 Å². The van der Waals surface area contributed by atoms with Gasteiger partial charge in [-0.05, 0) is 55.7 Å². The number of rotatable bonds is 5. The average molecular weight is 537 g/mol. The van der Waals surface area contributed by atoms with Crippen molar-refractivity contribution in [3.8, 4) is 0 Å². The second-order valence-corrected chi connectivity index (χ2v) is 11.2. The summed E-state index contributed by atoms with van der Waals surface area (Å²) in [5.74, 6) is 0.283. The Balaban J connectivity index is 1.50. The van der Waals surface area contributed by atoms with Gasteiger partial charge in [-0.2, -0.15) is 0 Å². The molecule has 0 atom stereocenters. The summed E-state index contributed by atoms with van der Waals surface area (Å²) in [4.78, 5) is 34.3. The second kappa shape index (κ2) is 10.2. The monoisotopic (exact) mass is 536 g/mol. The van der Waals surface area contributed by atoms with Crippen molar-refractivity contribution in [3.05, 3.63) is 75.1 Å². The molecule has 6 nitrogen and oxygen atoms in total. The lowest BCUT2D eigenvalue weighted by Crippen LogP contribution is -2.39. The van der Waals surface area contributed by atoms with Crippen LogP contribution in [0.3, 0.4) is 0 Å². The lowest BCUT2D eigenvalue weighted by Gasteiger charge is -2.32. The number of fused-ring (bicyclic) bond motifs is 1. The first-order valence-corrected chi connectivity index (χ1v) is 13.3. The van der Waals surface area contributed by atoms with Crippen LogP contribution in [-0.2, 0) is 16.1 Å². The summed E-state index contributed by atoms with van der Waals surface area (Å²) in [6.07, 6.45) is 3.25. The highest BCUT2D eigenvalue weighted by Gasteiger charge is 2.33. The largest absolute Gasteiger partial charge is 0.369 e. The van der Waals surface area contributed by atoms with Crippen LogP contribution in [0.15, 0.2) is 53.4 Å². The maximum absolute atomic E-state index is 13.4. The molecule has 9 heteroatoms. The number of benzene rings is 2. The molecular weight excluding hydrogens is 512 g/mol. The van der Waals surface area contributed by atoms with Crippen molar-refractivity contribution in [3.63, 3.8) is 0 Å². The molecule has 1 aromatic heterocycles. The van der Waals surface area contributed by atoms with Gasteiger partial charge in [0.25, 0.3) is 5.91 Å². The zero-order valence-electron chi connectivity index (χ0n) is 19.7. The van der Waals surface area contributed by atoms with E-state index in [1.54, 1.807) is 11.0 Å². The van der Waals surface area contributed by atoms with Crippen molar-refractivity contribution in [1.82, 2.24) is 9.88 Å². The lowest BCUT2D eigenvalue weighted by molar-refractivity contribution is -0.123. The number of carbonyl (C=O) groups is 2. The summed E-state index contributed by atoms with van der Waals surface area (Å²) in [6, 6.07) is 15.7. The number of pyridine rings is 1. The first-order chi connectivity index (χ1) is 17.3. The molecule has 5 rings (SSSR count). The van der Waals surface area contributed by atoms with Gasteiger partial charge in [0.05, 0.1) is 17.0 Å². The number of anilines is 1. The van der Waals surface area contributed by atoms with Crippen LogP contribution in [0.2, 0.25) is 5.02 Å². The number of aromatic nitrogens is 1. The third-order valence-electron chi connectivity index (χ3n) is 6.62. The number of nitrogens with two attached hydrogens (primary N) is 1. The molecule has 2 aromatic carbocycles. The van der Waals surface area contributed by atoms with Gasteiger partial charge in [-0.15, -0.1) is 0 Å². The third kappa shape index (κ3) is 4.98. The van der Waals surface area contributed by atoms with E-state index in [1.807, 2.05) is 43.3 Å². The first-order valence-electron chi connectivity index (χ1n) is 11.7. The predicted molar refractivity (Wildman–Crippen MR) is 151 cm³/mol. The van der Waals surface area contributed by atoms with E-state index in [0.717, 1.165) is 33.4 Å². The van der Waals surface area contributed by atoms with Crippen LogP contribution in [0, 0.1) is 12.8 Å². The molecule has 3 heterocycles. The van der Waals surface area contributed by atoms with Crippen molar-refractivity contribution in [2.45, 2.75) is 26.3 Å². The van der Waals surface area contributed by atoms with Crippen LogP contribution in [0.5, 0.6) is 0 Å². The molecule has 0 radical (unpaired) electrons. The fraction of sp³-hybridized carbons (Fsp3) is 0.259. The quantitative estimate of drug-likeness (QED) is 0.352. The number of amides is 2. The molecule has 2 aliphatic rings. The summed E-state index contributed by atoms with van der Waals surface area (Å²) in [5, 5.41) is 1.61. The number of hydrogen-bond donors (Lipinski definition) is 1. The Morgan fingerprint density at radius 2 is 1.97 bits per heavy atom. The number of nitrogens with zero attached hydrogens (tertiary/aromatic N) is 3. The topological polar surface area (TPSA) is 79.5 Å². The SMILES string of the molecule is Cc1ccc2nc(N3CCC(C(N)=O)CC3)c(/C=C3\SC(=S)N(Cc4ccccc4Cl)C3=O)cc2c1. The molecular formula is C27H25ClN4O2S2. The Morgan fingerprint density at radius 3 is 2.69 bits per heavy atom. The number of primary amides is 1. The highest BCUT2D eigenvalue weighted by Crippen LogP contribution is 2.37. The molecule has 184 valence electrons. The van der Waals surface area contributed by atoms with Gasteiger partial charge < -0.3 is 10.6 Å². The minimum Gasteiger partial charge on any atom is -0.369 e. The normalized spacial score (nSPS) is 18.0. The maximum Gasteiger partial charge on any atom is 0.266 e. The number of piperidine rings is 1. The van der Waals surface area contributed by atoms with Gasteiger partial charge in [-0.1, -0.05) is 65.4 Å². The second-order valence-electron chi connectivity index (χ2n) is 9.12. The van der Waals surface area contributed by atoms with Gasteiger partial charge in [0.2, 0.25) is 5.91 Å². The Hall–Kier alpha value is -2.94. The summed E-state index contributed by atoms with van der Waals surface area (Å²) < 4.78 is 0.500. The highest BCUT2D eigenvalue weighted by atomic mass is 35.5. The number of aryl methyl sites for hydroxylation is 1. The number of halogens is 1. The van der Waals surface area contributed by atoms with Crippen molar-refractivity contribution in [2.75, 3.05) is 18.0 Å². The molecule has 2 amide bonds. The number of thioether (sulfide) groups is 1. The van der Waals surface area contributed by atoms with E-state index < -0.39 is 0 Å². The van der Waals surface area contributed by atoms with E-state index >= 15 is 0 Å². The number of carbonyl (C=O) groups excluding carboxylic acids is 2. The fourth-order valence-electron chi connectivity index (χ4n) is 4.61. The van der Waals surface area contributed by atoms with Gasteiger partial charge in [0, 0.05) is 35.0 Å². The fourth-order valence-corrected chi connectivity index (χ4v) is 6.05. The van der Waals surface area contributed by atoms with Gasteiger partial charge in [0.15, 0.2) is 0 Å². The van der Waals surface area contributed by atoms with Gasteiger partial charge in [-0.3, -0.25) is 14.5 Å². The number of hydrogen-bond acceptors (Lipinski definition) is 6. The lowest BCUT2D eigenvalue weighted by atomic mass is 9.96. The zero-order chi connectivity index (χ0) is 25.4. The average Bonchev–Trinajstić information content (AvgIpc) is 3.12. The minimum atomic E-state index is -0.251. The summed E-state index contributed by atoms with van der Waals surface area (Å²) in [5.41, 5.74) is 9.25. The van der Waals surface area contributed by atoms with E-state index in [2.05, 4.69) is 17.0 Å². The van der Waals surface area contributed by atoms with Gasteiger partial charge >= 0.3 is 0 Å². The van der Waals surface area contributed by atoms with E-state index in [0.29, 0.717) is 46.7 Å². The summed E-state index contributed by atoms with van der Waals surface area (Å²) in [7, 11) is 0. The molecule has 2 saturated heterocycles. The van der Waals surface area contributed by atoms with Crippen LogP contribution >= 0.6 is 35.6 Å². The third-order valence-corrected chi connectivity index (χ3v) is 8.37. The van der Waals surface area contributed by atoms with Gasteiger partial charge in [-0.25, -0.2) is 4.98 Å². The van der Waals surface area contributed by atoms with Crippen LogP contribution < -0.4 is 10.6 Å². The molecule has 3 aromatic rings. The van der Waals surface area contributed by atoms with Crippen LogP contribution in [0.25, 0.3) is 17.0 Å². The van der Waals surface area contributed by atoms with E-state index in [-0.39, 0.29) is 17.7 Å². The highest BCUT2D eigenvalue weighted by molar-refractivity contribution is 8.26. The van der Waals surface area contributed by atoms with Crippen LogP contribution in [0.4, 0.5) is 5.82 Å². The molecule has 2 aliphatic heterocycles. The summed E-state index contributed by atoms with van der Waals surface area (Å²) >= 11 is 13.2. The van der Waals surface area contributed by atoms with Crippen molar-refractivity contribution < 1.29 is 9.59 Å². The maximum atomic E-state index is 13.4. The van der Waals surface area contributed by atoms with Crippen molar-refractivity contribution in [1.29, 1.82) is 0 Å². The Morgan fingerprint density at radius 1 is 1.22 bits per heavy atom. The summed E-state index contributed by atoms with van der Waals surface area (Å²) in [6.45, 7) is 3.71. The van der Waals surface area contributed by atoms with Gasteiger partial charge in [0.1, 0.15) is 10.1 Å². The molecule has 0 spiro atoms. The minimum absolute atomic E-state index is 0.117. The Labute approximate surface area is 224 Å². The predicted octanol–water partition coefficient (Wildman–Crippen LogP) is 5.30. The Bertz CT molecular complexity index is 1420. The van der Waals surface area contributed by atoms with E-state index in [4.69, 9.17) is 34.5 Å². The number of thiocarbonyl (C=S) groups is 1. The molecule has 0 aliphatic carbocycles. The first kappa shape index (κ1) is 24.7. The Kier molecular flexibility index (Phi) is 7.01.